The summed E-state index contributed by atoms with van der Waals surface area (Å²) in [7, 11) is 4.18. The summed E-state index contributed by atoms with van der Waals surface area (Å²) < 4.78 is 1.73. The van der Waals surface area contributed by atoms with Crippen molar-refractivity contribution < 1.29 is 4.79 Å². The highest BCUT2D eigenvalue weighted by molar-refractivity contribution is 5.93. The van der Waals surface area contributed by atoms with Gasteiger partial charge < -0.3 is 9.80 Å². The molecule has 0 radical (unpaired) electrons. The second-order valence-corrected chi connectivity index (χ2v) is 7.34. The fraction of sp³-hybridized carbons (Fsp3) is 0.333. The van der Waals surface area contributed by atoms with Crippen molar-refractivity contribution in [3.05, 3.63) is 71.5 Å². The average molecular weight is 348 g/mol. The van der Waals surface area contributed by atoms with Gasteiger partial charge in [0.05, 0.1) is 11.7 Å². The average Bonchev–Trinajstić information content (AvgIpc) is 3.28. The van der Waals surface area contributed by atoms with Gasteiger partial charge in [-0.05, 0) is 44.8 Å². The molecule has 4 rings (SSSR count). The Bertz CT molecular complexity index is 929. The summed E-state index contributed by atoms with van der Waals surface area (Å²) in [5.74, 6) is 0.354. The lowest BCUT2D eigenvalue weighted by Gasteiger charge is -2.25. The highest BCUT2D eigenvalue weighted by atomic mass is 16.2. The number of hydrogen-bond acceptors (Lipinski definition) is 3. The molecule has 1 amide bonds. The Kier molecular flexibility index (Phi) is 4.24. The monoisotopic (exact) mass is 348 g/mol. The molecule has 5 nitrogen and oxygen atoms in total. The molecule has 0 aliphatic carbocycles. The predicted octanol–water partition coefficient (Wildman–Crippen LogP) is 2.81. The zero-order valence-corrected chi connectivity index (χ0v) is 15.5. The number of likely N-dealkylation sites (N-methyl/N-ethyl adjacent to an activating group) is 1. The molecule has 0 unspecified atom stereocenters. The van der Waals surface area contributed by atoms with Crippen molar-refractivity contribution in [2.45, 2.75) is 18.9 Å². The van der Waals surface area contributed by atoms with E-state index in [9.17, 15) is 4.79 Å². The smallest absolute Gasteiger partial charge is 0.272 e. The van der Waals surface area contributed by atoms with Gasteiger partial charge in [-0.1, -0.05) is 35.9 Å². The molecule has 2 atom stereocenters. The number of likely N-dealkylation sites (tertiary alicyclic amines) is 1. The summed E-state index contributed by atoms with van der Waals surface area (Å²) in [6.45, 7) is 3.55. The first-order valence-corrected chi connectivity index (χ1v) is 8.99. The SMILES string of the molecule is Cc1ccc([C@@H]2CN(C(=O)c3cccc4ccnn34)C[C@H]2N(C)C)cc1. The number of pyridine rings is 1. The summed E-state index contributed by atoms with van der Waals surface area (Å²) in [5.41, 5.74) is 4.11. The van der Waals surface area contributed by atoms with Gasteiger partial charge in [-0.2, -0.15) is 5.10 Å². The number of nitrogens with zero attached hydrogens (tertiary/aromatic N) is 4. The second kappa shape index (κ2) is 6.57. The number of aryl methyl sites for hydroxylation is 1. The number of benzene rings is 1. The van der Waals surface area contributed by atoms with E-state index in [1.807, 2.05) is 29.2 Å². The molecule has 0 saturated carbocycles. The molecule has 1 saturated heterocycles. The summed E-state index contributed by atoms with van der Waals surface area (Å²) in [5, 5.41) is 4.31. The molecule has 3 aromatic rings. The molecular formula is C21H24N4O. The van der Waals surface area contributed by atoms with E-state index in [0.29, 0.717) is 17.7 Å². The quantitative estimate of drug-likeness (QED) is 0.731. The number of hydrogen-bond donors (Lipinski definition) is 0. The van der Waals surface area contributed by atoms with Crippen LogP contribution >= 0.6 is 0 Å². The molecule has 0 bridgehead atoms. The van der Waals surface area contributed by atoms with Crippen LogP contribution in [0.4, 0.5) is 0 Å². The lowest BCUT2D eigenvalue weighted by Crippen LogP contribution is -2.36. The van der Waals surface area contributed by atoms with Crippen LogP contribution in [0.3, 0.4) is 0 Å². The van der Waals surface area contributed by atoms with Crippen LogP contribution in [0, 0.1) is 6.92 Å². The molecule has 5 heteroatoms. The molecule has 1 aromatic carbocycles. The van der Waals surface area contributed by atoms with Crippen molar-refractivity contribution in [2.24, 2.45) is 0 Å². The maximum Gasteiger partial charge on any atom is 0.272 e. The lowest BCUT2D eigenvalue weighted by molar-refractivity contribution is 0.0774. The number of carbonyl (C=O) groups is 1. The van der Waals surface area contributed by atoms with Gasteiger partial charge in [0, 0.05) is 25.0 Å². The van der Waals surface area contributed by atoms with Gasteiger partial charge in [0.1, 0.15) is 5.69 Å². The molecule has 2 aromatic heterocycles. The molecule has 1 aliphatic heterocycles. The Labute approximate surface area is 153 Å². The highest BCUT2D eigenvalue weighted by Crippen LogP contribution is 2.31. The molecule has 1 aliphatic rings. The van der Waals surface area contributed by atoms with Crippen molar-refractivity contribution in [3.8, 4) is 0 Å². The van der Waals surface area contributed by atoms with Gasteiger partial charge in [-0.15, -0.1) is 0 Å². The van der Waals surface area contributed by atoms with E-state index < -0.39 is 0 Å². The third kappa shape index (κ3) is 2.88. The van der Waals surface area contributed by atoms with E-state index in [2.05, 4.69) is 55.3 Å². The van der Waals surface area contributed by atoms with Crippen LogP contribution in [0.25, 0.3) is 5.52 Å². The molecule has 26 heavy (non-hydrogen) atoms. The first-order valence-electron chi connectivity index (χ1n) is 8.99. The third-order valence-electron chi connectivity index (χ3n) is 5.39. The van der Waals surface area contributed by atoms with Gasteiger partial charge in [0.2, 0.25) is 0 Å². The minimum Gasteiger partial charge on any atom is -0.335 e. The molecular weight excluding hydrogens is 324 g/mol. The van der Waals surface area contributed by atoms with Gasteiger partial charge >= 0.3 is 0 Å². The van der Waals surface area contributed by atoms with Gasteiger partial charge in [-0.3, -0.25) is 4.79 Å². The number of fused-ring (bicyclic) bond motifs is 1. The lowest BCUT2D eigenvalue weighted by atomic mass is 9.93. The van der Waals surface area contributed by atoms with Crippen molar-refractivity contribution in [3.63, 3.8) is 0 Å². The Balaban J connectivity index is 1.64. The van der Waals surface area contributed by atoms with Crippen LogP contribution in [0.5, 0.6) is 0 Å². The van der Waals surface area contributed by atoms with E-state index in [1.54, 1.807) is 10.7 Å². The van der Waals surface area contributed by atoms with Crippen LogP contribution in [-0.2, 0) is 0 Å². The second-order valence-electron chi connectivity index (χ2n) is 7.34. The van der Waals surface area contributed by atoms with Crippen molar-refractivity contribution >= 4 is 11.4 Å². The maximum atomic E-state index is 13.2. The van der Waals surface area contributed by atoms with E-state index in [0.717, 1.165) is 18.6 Å². The highest BCUT2D eigenvalue weighted by Gasteiger charge is 2.38. The summed E-state index contributed by atoms with van der Waals surface area (Å²) >= 11 is 0. The topological polar surface area (TPSA) is 40.9 Å². The third-order valence-corrected chi connectivity index (χ3v) is 5.39. The Hall–Kier alpha value is -2.66. The number of aromatic nitrogens is 2. The van der Waals surface area contributed by atoms with Crippen LogP contribution in [0.15, 0.2) is 54.7 Å². The predicted molar refractivity (Wildman–Crippen MR) is 102 cm³/mol. The van der Waals surface area contributed by atoms with E-state index in [1.165, 1.54) is 11.1 Å². The van der Waals surface area contributed by atoms with Crippen LogP contribution < -0.4 is 0 Å². The summed E-state index contributed by atoms with van der Waals surface area (Å²) in [4.78, 5) is 17.4. The van der Waals surface area contributed by atoms with Gasteiger partial charge in [0.15, 0.2) is 0 Å². The zero-order chi connectivity index (χ0) is 18.3. The molecule has 0 spiro atoms. The standard InChI is InChI=1S/C21H24N4O/c1-15-7-9-16(10-8-15)18-13-24(14-20(18)23(2)3)21(26)19-6-4-5-17-11-12-22-25(17)19/h4-12,18,20H,13-14H2,1-3H3/t18-,20+/m0/s1. The number of rotatable bonds is 3. The van der Waals surface area contributed by atoms with Gasteiger partial charge in [0.25, 0.3) is 5.91 Å². The van der Waals surface area contributed by atoms with Gasteiger partial charge in [-0.25, -0.2) is 4.52 Å². The zero-order valence-electron chi connectivity index (χ0n) is 15.5. The van der Waals surface area contributed by atoms with Crippen molar-refractivity contribution in [2.75, 3.05) is 27.2 Å². The maximum absolute atomic E-state index is 13.2. The Morgan fingerprint density at radius 3 is 2.58 bits per heavy atom. The Morgan fingerprint density at radius 1 is 1.08 bits per heavy atom. The van der Waals surface area contributed by atoms with Crippen LogP contribution in [-0.4, -0.2) is 58.5 Å². The summed E-state index contributed by atoms with van der Waals surface area (Å²) in [6, 6.07) is 16.6. The van der Waals surface area contributed by atoms with E-state index in [4.69, 9.17) is 0 Å². The first kappa shape index (κ1) is 16.8. The fourth-order valence-electron chi connectivity index (χ4n) is 3.89. The molecule has 134 valence electrons. The van der Waals surface area contributed by atoms with Crippen LogP contribution in [0.2, 0.25) is 0 Å². The van der Waals surface area contributed by atoms with Crippen LogP contribution in [0.1, 0.15) is 27.5 Å². The number of amides is 1. The minimum atomic E-state index is 0.0424. The van der Waals surface area contributed by atoms with E-state index in [-0.39, 0.29) is 5.91 Å². The molecule has 3 heterocycles. The van der Waals surface area contributed by atoms with Crippen molar-refractivity contribution in [1.29, 1.82) is 0 Å². The largest absolute Gasteiger partial charge is 0.335 e. The van der Waals surface area contributed by atoms with E-state index >= 15 is 0 Å². The minimum absolute atomic E-state index is 0.0424. The fourth-order valence-corrected chi connectivity index (χ4v) is 3.89. The first-order chi connectivity index (χ1) is 12.5. The number of carbonyl (C=O) groups excluding carboxylic acids is 1. The molecule has 1 fully saturated rings. The normalized spacial score (nSPS) is 20.2. The molecule has 0 N–H and O–H groups in total. The van der Waals surface area contributed by atoms with Crippen molar-refractivity contribution in [1.82, 2.24) is 19.4 Å². The Morgan fingerprint density at radius 2 is 1.85 bits per heavy atom. The summed E-state index contributed by atoms with van der Waals surface area (Å²) in [6.07, 6.45) is 1.73.